The maximum atomic E-state index is 8.71. The molecule has 1 rings (SSSR count). The van der Waals surface area contributed by atoms with Crippen molar-refractivity contribution in [3.8, 4) is 0 Å². The molecule has 4 heteroatoms. The second kappa shape index (κ2) is 3.32. The number of nitrogen functional groups attached to an aromatic ring is 3. The Morgan fingerprint density at radius 2 is 1.67 bits per heavy atom. The highest BCUT2D eigenvalue weighted by Crippen LogP contribution is 2.25. The molecule has 1 aromatic rings. The predicted molar refractivity (Wildman–Crippen MR) is 50.5 cm³/mol. The van der Waals surface area contributed by atoms with Gasteiger partial charge in [0.1, 0.15) is 0 Å². The van der Waals surface area contributed by atoms with Crippen molar-refractivity contribution in [3.63, 3.8) is 0 Å². The lowest BCUT2D eigenvalue weighted by atomic mass is 10.1. The maximum Gasteiger partial charge on any atom is 0.0601 e. The summed E-state index contributed by atoms with van der Waals surface area (Å²) >= 11 is 0. The fraction of sp³-hybridized carbons (Fsp3) is 0.250. The van der Waals surface area contributed by atoms with Crippen LogP contribution >= 0.6 is 0 Å². The van der Waals surface area contributed by atoms with E-state index >= 15 is 0 Å². The summed E-state index contributed by atoms with van der Waals surface area (Å²) in [6.07, 6.45) is 0.447. The number of benzene rings is 1. The van der Waals surface area contributed by atoms with E-state index in [0.717, 1.165) is 5.56 Å². The van der Waals surface area contributed by atoms with Crippen LogP contribution in [0.15, 0.2) is 12.1 Å². The van der Waals surface area contributed by atoms with Gasteiger partial charge < -0.3 is 22.3 Å². The van der Waals surface area contributed by atoms with E-state index in [9.17, 15) is 0 Å². The van der Waals surface area contributed by atoms with E-state index in [4.69, 9.17) is 22.3 Å². The number of aliphatic hydroxyl groups excluding tert-OH is 1. The summed E-state index contributed by atoms with van der Waals surface area (Å²) in [4.78, 5) is 0. The first-order chi connectivity index (χ1) is 5.66. The third-order valence-electron chi connectivity index (χ3n) is 1.79. The summed E-state index contributed by atoms with van der Waals surface area (Å²) in [6.45, 7) is 0.0256. The van der Waals surface area contributed by atoms with Gasteiger partial charge in [-0.15, -0.1) is 0 Å². The summed E-state index contributed by atoms with van der Waals surface area (Å²) < 4.78 is 0. The van der Waals surface area contributed by atoms with Gasteiger partial charge in [-0.25, -0.2) is 0 Å². The van der Waals surface area contributed by atoms with Gasteiger partial charge in [-0.05, 0) is 18.6 Å². The number of hydrogen-bond acceptors (Lipinski definition) is 4. The molecule has 0 aliphatic rings. The number of aliphatic hydroxyl groups is 1. The first-order valence-corrected chi connectivity index (χ1v) is 3.70. The lowest BCUT2D eigenvalue weighted by Gasteiger charge is -2.09. The minimum atomic E-state index is 0.0256. The smallest absolute Gasteiger partial charge is 0.0601 e. The molecule has 66 valence electrons. The fourth-order valence-electron chi connectivity index (χ4n) is 1.09. The molecule has 0 saturated heterocycles. The molecule has 4 nitrogen and oxygen atoms in total. The van der Waals surface area contributed by atoms with Gasteiger partial charge >= 0.3 is 0 Å². The van der Waals surface area contributed by atoms with Gasteiger partial charge in [0.25, 0.3) is 0 Å². The van der Waals surface area contributed by atoms with Gasteiger partial charge in [0.2, 0.25) is 0 Å². The zero-order valence-electron chi connectivity index (χ0n) is 6.75. The Hall–Kier alpha value is -1.42. The van der Waals surface area contributed by atoms with Gasteiger partial charge in [0.15, 0.2) is 0 Å². The summed E-state index contributed by atoms with van der Waals surface area (Å²) in [5, 5.41) is 8.71. The van der Waals surface area contributed by atoms with Gasteiger partial charge in [0, 0.05) is 17.9 Å². The van der Waals surface area contributed by atoms with Crippen LogP contribution in [0, 0.1) is 0 Å². The molecule has 0 bridgehead atoms. The van der Waals surface area contributed by atoms with Crippen molar-refractivity contribution in [2.45, 2.75) is 6.42 Å². The van der Waals surface area contributed by atoms with Crippen molar-refractivity contribution in [3.05, 3.63) is 17.7 Å². The lowest BCUT2D eigenvalue weighted by molar-refractivity contribution is 0.300. The molecule has 0 fully saturated rings. The van der Waals surface area contributed by atoms with Crippen LogP contribution in [0.25, 0.3) is 0 Å². The van der Waals surface area contributed by atoms with Gasteiger partial charge in [0.05, 0.1) is 11.4 Å². The van der Waals surface area contributed by atoms with Gasteiger partial charge in [-0.2, -0.15) is 0 Å². The first-order valence-electron chi connectivity index (χ1n) is 3.70. The second-order valence-corrected chi connectivity index (χ2v) is 2.61. The highest BCUT2D eigenvalue weighted by atomic mass is 16.2. The van der Waals surface area contributed by atoms with E-state index in [2.05, 4.69) is 0 Å². The van der Waals surface area contributed by atoms with Crippen LogP contribution in [0.3, 0.4) is 0 Å². The van der Waals surface area contributed by atoms with Crippen LogP contribution in [-0.2, 0) is 6.42 Å². The van der Waals surface area contributed by atoms with Gasteiger partial charge in [-0.1, -0.05) is 0 Å². The zero-order valence-corrected chi connectivity index (χ0v) is 6.75. The summed E-state index contributed by atoms with van der Waals surface area (Å²) in [5.41, 5.74) is 19.1. The monoisotopic (exact) mass is 167 g/mol. The van der Waals surface area contributed by atoms with Crippen LogP contribution in [0.2, 0.25) is 0 Å². The van der Waals surface area contributed by atoms with Crippen molar-refractivity contribution < 1.29 is 5.11 Å². The van der Waals surface area contributed by atoms with Crippen molar-refractivity contribution in [2.75, 3.05) is 23.8 Å². The Kier molecular flexibility index (Phi) is 2.40. The molecule has 0 aliphatic carbocycles. The summed E-state index contributed by atoms with van der Waals surface area (Å²) in [6, 6.07) is 3.35. The molecule has 0 unspecified atom stereocenters. The molecular weight excluding hydrogens is 154 g/mol. The molecule has 0 spiro atoms. The third kappa shape index (κ3) is 1.43. The number of hydrogen-bond donors (Lipinski definition) is 4. The molecule has 0 heterocycles. The van der Waals surface area contributed by atoms with Crippen molar-refractivity contribution in [1.29, 1.82) is 0 Å². The topological polar surface area (TPSA) is 98.3 Å². The lowest BCUT2D eigenvalue weighted by Crippen LogP contribution is -2.05. The van der Waals surface area contributed by atoms with Crippen molar-refractivity contribution in [1.82, 2.24) is 0 Å². The Bertz CT molecular complexity index is 286. The van der Waals surface area contributed by atoms with Crippen LogP contribution in [0.4, 0.5) is 17.1 Å². The summed E-state index contributed by atoms with van der Waals surface area (Å²) in [5.74, 6) is 0. The molecule has 7 N–H and O–H groups in total. The molecule has 1 aromatic carbocycles. The predicted octanol–water partition coefficient (Wildman–Crippen LogP) is -0.0320. The zero-order chi connectivity index (χ0) is 9.14. The Morgan fingerprint density at radius 3 is 2.25 bits per heavy atom. The standard InChI is InChI=1S/C8H13N3O/c9-6-1-2-7(10)8(11)5(6)3-4-12/h1-2,12H,3-4,9-11H2. The van der Waals surface area contributed by atoms with E-state index in [1.54, 1.807) is 12.1 Å². The molecule has 0 atom stereocenters. The van der Waals surface area contributed by atoms with E-state index in [-0.39, 0.29) is 6.61 Å². The molecular formula is C8H13N3O. The fourth-order valence-corrected chi connectivity index (χ4v) is 1.09. The average molecular weight is 167 g/mol. The molecule has 0 aromatic heterocycles. The van der Waals surface area contributed by atoms with Crippen molar-refractivity contribution >= 4 is 17.1 Å². The Labute approximate surface area is 71.0 Å². The van der Waals surface area contributed by atoms with Gasteiger partial charge in [-0.3, -0.25) is 0 Å². The Balaban J connectivity index is 3.14. The SMILES string of the molecule is Nc1ccc(N)c(CCO)c1N. The van der Waals surface area contributed by atoms with Crippen LogP contribution in [0.5, 0.6) is 0 Å². The number of rotatable bonds is 2. The molecule has 0 saturated carbocycles. The third-order valence-corrected chi connectivity index (χ3v) is 1.79. The largest absolute Gasteiger partial charge is 0.398 e. The highest BCUT2D eigenvalue weighted by molar-refractivity contribution is 5.74. The number of nitrogens with two attached hydrogens (primary N) is 3. The summed E-state index contributed by atoms with van der Waals surface area (Å²) in [7, 11) is 0. The van der Waals surface area contributed by atoms with Crippen molar-refractivity contribution in [2.24, 2.45) is 0 Å². The molecule has 0 amide bonds. The van der Waals surface area contributed by atoms with E-state index < -0.39 is 0 Å². The van der Waals surface area contributed by atoms with Crippen LogP contribution in [-0.4, -0.2) is 11.7 Å². The van der Waals surface area contributed by atoms with Crippen LogP contribution in [0.1, 0.15) is 5.56 Å². The minimum Gasteiger partial charge on any atom is -0.398 e. The second-order valence-electron chi connectivity index (χ2n) is 2.61. The average Bonchev–Trinajstić information content (AvgIpc) is 2.06. The van der Waals surface area contributed by atoms with Crippen LogP contribution < -0.4 is 17.2 Å². The maximum absolute atomic E-state index is 8.71. The number of anilines is 3. The molecule has 0 radical (unpaired) electrons. The normalized spacial score (nSPS) is 10.1. The first kappa shape index (κ1) is 8.67. The quantitative estimate of drug-likeness (QED) is 0.465. The highest BCUT2D eigenvalue weighted by Gasteiger charge is 2.05. The minimum absolute atomic E-state index is 0.0256. The molecule has 12 heavy (non-hydrogen) atoms. The molecule has 0 aliphatic heterocycles. The van der Waals surface area contributed by atoms with E-state index in [1.165, 1.54) is 0 Å². The Morgan fingerprint density at radius 1 is 1.08 bits per heavy atom. The van der Waals surface area contributed by atoms with E-state index in [1.807, 2.05) is 0 Å². The van der Waals surface area contributed by atoms with E-state index in [0.29, 0.717) is 23.5 Å².